The van der Waals surface area contributed by atoms with Crippen molar-refractivity contribution in [2.75, 3.05) is 45.8 Å². The van der Waals surface area contributed by atoms with E-state index >= 15 is 0 Å². The number of likely N-dealkylation sites (tertiary alicyclic amines) is 1. The quantitative estimate of drug-likeness (QED) is 0.757. The van der Waals surface area contributed by atoms with E-state index < -0.39 is 0 Å². The van der Waals surface area contributed by atoms with Crippen molar-refractivity contribution in [3.05, 3.63) is 0 Å². The number of carbonyl (C=O) groups is 1. The summed E-state index contributed by atoms with van der Waals surface area (Å²) in [5.74, 6) is 1.78. The van der Waals surface area contributed by atoms with E-state index in [0.29, 0.717) is 12.5 Å². The normalized spacial score (nSPS) is 31.5. The maximum atomic E-state index is 12.2. The highest BCUT2D eigenvalue weighted by atomic mass is 16.2. The molecule has 2 heterocycles. The van der Waals surface area contributed by atoms with Crippen molar-refractivity contribution < 1.29 is 4.79 Å². The lowest BCUT2D eigenvalue weighted by Gasteiger charge is -2.23. The van der Waals surface area contributed by atoms with Crippen LogP contribution in [0.15, 0.2) is 0 Å². The van der Waals surface area contributed by atoms with Crippen LogP contribution >= 0.6 is 0 Å². The molecule has 0 spiro atoms. The SMILES string of the molecule is CC1CN(CC(=O)N2CCCNCC2)CC1C. The van der Waals surface area contributed by atoms with Gasteiger partial charge in [0.05, 0.1) is 6.54 Å². The van der Waals surface area contributed by atoms with Gasteiger partial charge in [0.1, 0.15) is 0 Å². The first kappa shape index (κ1) is 12.8. The van der Waals surface area contributed by atoms with Crippen LogP contribution in [0.5, 0.6) is 0 Å². The van der Waals surface area contributed by atoms with E-state index in [1.54, 1.807) is 0 Å². The summed E-state index contributed by atoms with van der Waals surface area (Å²) in [5.41, 5.74) is 0. The van der Waals surface area contributed by atoms with Crippen LogP contribution in [0.4, 0.5) is 0 Å². The van der Waals surface area contributed by atoms with E-state index in [9.17, 15) is 4.79 Å². The van der Waals surface area contributed by atoms with Gasteiger partial charge in [-0.25, -0.2) is 0 Å². The number of hydrogen-bond donors (Lipinski definition) is 1. The third-order valence-corrected chi connectivity index (χ3v) is 4.12. The van der Waals surface area contributed by atoms with Gasteiger partial charge in [-0.3, -0.25) is 9.69 Å². The molecule has 4 nitrogen and oxygen atoms in total. The lowest BCUT2D eigenvalue weighted by molar-refractivity contribution is -0.132. The van der Waals surface area contributed by atoms with Gasteiger partial charge in [0.15, 0.2) is 0 Å². The molecule has 0 aromatic heterocycles. The number of nitrogens with one attached hydrogen (secondary N) is 1. The average Bonchev–Trinajstić information content (AvgIpc) is 2.54. The van der Waals surface area contributed by atoms with E-state index in [1.165, 1.54) is 0 Å². The molecule has 1 N–H and O–H groups in total. The lowest BCUT2D eigenvalue weighted by atomic mass is 10.0. The smallest absolute Gasteiger partial charge is 0.236 e. The summed E-state index contributed by atoms with van der Waals surface area (Å²) in [6.07, 6.45) is 1.08. The summed E-state index contributed by atoms with van der Waals surface area (Å²) in [6.45, 7) is 11.1. The Morgan fingerprint density at radius 3 is 2.59 bits per heavy atom. The molecule has 2 unspecified atom stereocenters. The lowest BCUT2D eigenvalue weighted by Crippen LogP contribution is -2.41. The highest BCUT2D eigenvalue weighted by Gasteiger charge is 2.28. The van der Waals surface area contributed by atoms with Crippen LogP contribution in [0.1, 0.15) is 20.3 Å². The highest BCUT2D eigenvalue weighted by molar-refractivity contribution is 5.78. The van der Waals surface area contributed by atoms with Crippen molar-refractivity contribution in [3.8, 4) is 0 Å². The molecule has 0 saturated carbocycles. The molecule has 0 radical (unpaired) electrons. The summed E-state index contributed by atoms with van der Waals surface area (Å²) < 4.78 is 0. The summed E-state index contributed by atoms with van der Waals surface area (Å²) in [5, 5.41) is 3.33. The Labute approximate surface area is 104 Å². The topological polar surface area (TPSA) is 35.6 Å². The van der Waals surface area contributed by atoms with E-state index in [0.717, 1.165) is 57.5 Å². The number of hydrogen-bond acceptors (Lipinski definition) is 3. The molecule has 1 amide bonds. The van der Waals surface area contributed by atoms with E-state index in [-0.39, 0.29) is 0 Å². The van der Waals surface area contributed by atoms with Gasteiger partial charge >= 0.3 is 0 Å². The number of rotatable bonds is 2. The highest BCUT2D eigenvalue weighted by Crippen LogP contribution is 2.21. The predicted octanol–water partition coefficient (Wildman–Crippen LogP) is 0.396. The minimum atomic E-state index is 0.315. The maximum absolute atomic E-state index is 12.2. The Hall–Kier alpha value is -0.610. The minimum Gasteiger partial charge on any atom is -0.340 e. The molecule has 4 heteroatoms. The van der Waals surface area contributed by atoms with Crippen LogP contribution < -0.4 is 5.32 Å². The van der Waals surface area contributed by atoms with Crippen molar-refractivity contribution in [2.45, 2.75) is 20.3 Å². The fourth-order valence-corrected chi connectivity index (χ4v) is 2.76. The molecular weight excluding hydrogens is 214 g/mol. The Morgan fingerprint density at radius 2 is 1.88 bits per heavy atom. The Morgan fingerprint density at radius 1 is 1.18 bits per heavy atom. The van der Waals surface area contributed by atoms with Crippen molar-refractivity contribution in [1.82, 2.24) is 15.1 Å². The first-order valence-corrected chi connectivity index (χ1v) is 6.87. The fraction of sp³-hybridized carbons (Fsp3) is 0.923. The molecule has 0 aromatic carbocycles. The van der Waals surface area contributed by atoms with Crippen LogP contribution in [0, 0.1) is 11.8 Å². The largest absolute Gasteiger partial charge is 0.340 e. The monoisotopic (exact) mass is 239 g/mol. The van der Waals surface area contributed by atoms with Crippen LogP contribution in [0.3, 0.4) is 0 Å². The Balaban J connectivity index is 1.80. The zero-order chi connectivity index (χ0) is 12.3. The molecule has 0 aromatic rings. The molecule has 0 aliphatic carbocycles. The second kappa shape index (κ2) is 5.83. The van der Waals surface area contributed by atoms with Crippen molar-refractivity contribution >= 4 is 5.91 Å². The van der Waals surface area contributed by atoms with Gasteiger partial charge in [-0.15, -0.1) is 0 Å². The predicted molar refractivity (Wildman–Crippen MR) is 68.8 cm³/mol. The average molecular weight is 239 g/mol. The Bertz CT molecular complexity index is 251. The van der Waals surface area contributed by atoms with E-state index in [1.807, 2.05) is 4.90 Å². The van der Waals surface area contributed by atoms with E-state index in [4.69, 9.17) is 0 Å². The zero-order valence-corrected chi connectivity index (χ0v) is 11.1. The molecule has 2 saturated heterocycles. The minimum absolute atomic E-state index is 0.315. The number of carbonyl (C=O) groups excluding carboxylic acids is 1. The van der Waals surface area contributed by atoms with Gasteiger partial charge in [-0.2, -0.15) is 0 Å². The number of nitrogens with zero attached hydrogens (tertiary/aromatic N) is 2. The van der Waals surface area contributed by atoms with Crippen molar-refractivity contribution in [2.24, 2.45) is 11.8 Å². The summed E-state index contributed by atoms with van der Waals surface area (Å²) >= 11 is 0. The van der Waals surface area contributed by atoms with Crippen LogP contribution in [0.25, 0.3) is 0 Å². The van der Waals surface area contributed by atoms with Gasteiger partial charge in [-0.05, 0) is 24.8 Å². The van der Waals surface area contributed by atoms with Gasteiger partial charge in [0.2, 0.25) is 5.91 Å². The van der Waals surface area contributed by atoms with Gasteiger partial charge in [-0.1, -0.05) is 13.8 Å². The molecule has 0 bridgehead atoms. The third-order valence-electron chi connectivity index (χ3n) is 4.12. The summed E-state index contributed by atoms with van der Waals surface area (Å²) in [4.78, 5) is 16.5. The van der Waals surface area contributed by atoms with Crippen molar-refractivity contribution in [3.63, 3.8) is 0 Å². The third kappa shape index (κ3) is 3.42. The number of amides is 1. The molecule has 2 aliphatic heterocycles. The molecule has 98 valence electrons. The summed E-state index contributed by atoms with van der Waals surface area (Å²) in [7, 11) is 0. The summed E-state index contributed by atoms with van der Waals surface area (Å²) in [6, 6.07) is 0. The van der Waals surface area contributed by atoms with E-state index in [2.05, 4.69) is 24.1 Å². The molecule has 2 atom stereocenters. The molecular formula is C13H25N3O. The second-order valence-electron chi connectivity index (χ2n) is 5.63. The molecule has 2 rings (SSSR count). The molecule has 17 heavy (non-hydrogen) atoms. The van der Waals surface area contributed by atoms with Crippen LogP contribution in [0.2, 0.25) is 0 Å². The first-order chi connectivity index (χ1) is 8.16. The molecule has 2 fully saturated rings. The van der Waals surface area contributed by atoms with Crippen molar-refractivity contribution in [1.29, 1.82) is 0 Å². The standard InChI is InChI=1S/C13H25N3O/c1-11-8-15(9-12(11)2)10-13(17)16-6-3-4-14-5-7-16/h11-12,14H,3-10H2,1-2H3. The van der Waals surface area contributed by atoms with Crippen LogP contribution in [-0.2, 0) is 4.79 Å². The second-order valence-corrected chi connectivity index (χ2v) is 5.63. The van der Waals surface area contributed by atoms with Gasteiger partial charge in [0.25, 0.3) is 0 Å². The van der Waals surface area contributed by atoms with Gasteiger partial charge < -0.3 is 10.2 Å². The maximum Gasteiger partial charge on any atom is 0.236 e. The van der Waals surface area contributed by atoms with Gasteiger partial charge in [0, 0.05) is 32.7 Å². The zero-order valence-electron chi connectivity index (χ0n) is 11.1. The first-order valence-electron chi connectivity index (χ1n) is 6.87. The molecule has 2 aliphatic rings. The Kier molecular flexibility index (Phi) is 4.40. The van der Waals surface area contributed by atoms with Crippen LogP contribution in [-0.4, -0.2) is 61.5 Å². The fourth-order valence-electron chi connectivity index (χ4n) is 2.76.